The zero-order valence-electron chi connectivity index (χ0n) is 9.86. The summed E-state index contributed by atoms with van der Waals surface area (Å²) in [6, 6.07) is 6.29. The van der Waals surface area contributed by atoms with Crippen LogP contribution in [0.5, 0.6) is 0 Å². The molecule has 0 radical (unpaired) electrons. The predicted octanol–water partition coefficient (Wildman–Crippen LogP) is 3.33. The molecule has 0 aromatic carbocycles. The van der Waals surface area contributed by atoms with Crippen molar-refractivity contribution < 1.29 is 0 Å². The Kier molecular flexibility index (Phi) is 4.22. The molecule has 0 aliphatic heterocycles. The molecular weight excluding hydrogens is 184 g/mol. The lowest BCUT2D eigenvalue weighted by Crippen LogP contribution is -1.94. The van der Waals surface area contributed by atoms with Crippen LogP contribution in [0.25, 0.3) is 6.08 Å². The van der Waals surface area contributed by atoms with Crippen LogP contribution in [0.3, 0.4) is 0 Å². The lowest BCUT2D eigenvalue weighted by Gasteiger charge is -1.98. The molecule has 0 aliphatic carbocycles. The molecule has 1 rings (SSSR count). The van der Waals surface area contributed by atoms with Crippen molar-refractivity contribution in [2.45, 2.75) is 33.7 Å². The summed E-state index contributed by atoms with van der Waals surface area (Å²) < 4.78 is 0. The molecular formula is C13H18N2. The summed E-state index contributed by atoms with van der Waals surface area (Å²) in [6.45, 7) is 8.24. The summed E-state index contributed by atoms with van der Waals surface area (Å²) in [4.78, 5) is 8.77. The van der Waals surface area contributed by atoms with Gasteiger partial charge < -0.3 is 0 Å². The fourth-order valence-corrected chi connectivity index (χ4v) is 1.14. The number of aliphatic imine (C=N–C) groups is 1. The monoisotopic (exact) mass is 202 g/mol. The van der Waals surface area contributed by atoms with Gasteiger partial charge in [0.1, 0.15) is 0 Å². The van der Waals surface area contributed by atoms with Gasteiger partial charge in [0.15, 0.2) is 0 Å². The molecule has 0 atom stereocenters. The van der Waals surface area contributed by atoms with Gasteiger partial charge in [0.05, 0.1) is 11.4 Å². The van der Waals surface area contributed by atoms with E-state index in [0.717, 1.165) is 11.4 Å². The van der Waals surface area contributed by atoms with Crippen LogP contribution in [0, 0.1) is 0 Å². The summed E-state index contributed by atoms with van der Waals surface area (Å²) in [7, 11) is 0. The maximum atomic E-state index is 4.46. The molecule has 1 heterocycles. The van der Waals surface area contributed by atoms with Gasteiger partial charge in [-0.3, -0.25) is 4.99 Å². The number of hydrogen-bond donors (Lipinski definition) is 0. The minimum absolute atomic E-state index is 0.318. The second-order valence-electron chi connectivity index (χ2n) is 4.08. The van der Waals surface area contributed by atoms with Crippen molar-refractivity contribution in [1.82, 2.24) is 4.98 Å². The number of allylic oxidation sites excluding steroid dienone is 1. The van der Waals surface area contributed by atoms with E-state index < -0.39 is 0 Å². The molecule has 0 amide bonds. The number of hydrogen-bond acceptors (Lipinski definition) is 2. The Labute approximate surface area is 91.8 Å². The van der Waals surface area contributed by atoms with Gasteiger partial charge in [-0.2, -0.15) is 0 Å². The summed E-state index contributed by atoms with van der Waals surface area (Å²) in [6.07, 6.45) is 3.89. The Hall–Kier alpha value is -1.44. The average molecular weight is 202 g/mol. The van der Waals surface area contributed by atoms with E-state index in [4.69, 9.17) is 0 Å². The molecule has 80 valence electrons. The quantitative estimate of drug-likeness (QED) is 0.690. The largest absolute Gasteiger partial charge is 0.288 e. The summed E-state index contributed by atoms with van der Waals surface area (Å²) >= 11 is 0. The standard InChI is InChI=1S/C13H18N2/c1-10(2)8-12-6-5-7-13(15-12)9-14-11(3)4/h5-9,11H,1-4H3. The Morgan fingerprint density at radius 1 is 1.27 bits per heavy atom. The zero-order chi connectivity index (χ0) is 11.3. The van der Waals surface area contributed by atoms with Crippen molar-refractivity contribution in [3.05, 3.63) is 35.2 Å². The first-order chi connectivity index (χ1) is 7.08. The fraction of sp³-hybridized carbons (Fsp3) is 0.385. The lowest BCUT2D eigenvalue weighted by molar-refractivity contribution is 0.840. The van der Waals surface area contributed by atoms with Gasteiger partial charge in [0.2, 0.25) is 0 Å². The SMILES string of the molecule is CC(C)=Cc1cccc(C=NC(C)C)n1. The fourth-order valence-electron chi connectivity index (χ4n) is 1.14. The molecule has 0 fully saturated rings. The van der Waals surface area contributed by atoms with Crippen molar-refractivity contribution >= 4 is 12.3 Å². The topological polar surface area (TPSA) is 25.2 Å². The van der Waals surface area contributed by atoms with E-state index in [1.165, 1.54) is 5.57 Å². The first kappa shape index (κ1) is 11.6. The van der Waals surface area contributed by atoms with E-state index in [0.29, 0.717) is 6.04 Å². The van der Waals surface area contributed by atoms with Gasteiger partial charge in [-0.1, -0.05) is 11.6 Å². The van der Waals surface area contributed by atoms with Crippen molar-refractivity contribution in [3.8, 4) is 0 Å². The second-order valence-corrected chi connectivity index (χ2v) is 4.08. The lowest BCUT2D eigenvalue weighted by atomic mass is 10.2. The van der Waals surface area contributed by atoms with Crippen molar-refractivity contribution in [3.63, 3.8) is 0 Å². The molecule has 0 aliphatic rings. The summed E-state index contributed by atoms with van der Waals surface area (Å²) in [5.74, 6) is 0. The van der Waals surface area contributed by atoms with E-state index in [2.05, 4.69) is 43.7 Å². The Morgan fingerprint density at radius 2 is 1.93 bits per heavy atom. The number of pyridine rings is 1. The van der Waals surface area contributed by atoms with Crippen LogP contribution < -0.4 is 0 Å². The van der Waals surface area contributed by atoms with E-state index in [1.54, 1.807) is 0 Å². The predicted molar refractivity (Wildman–Crippen MR) is 66.3 cm³/mol. The smallest absolute Gasteiger partial charge is 0.0815 e. The second kappa shape index (κ2) is 5.44. The number of nitrogens with zero attached hydrogens (tertiary/aromatic N) is 2. The van der Waals surface area contributed by atoms with Crippen LogP contribution in [0.15, 0.2) is 28.8 Å². The van der Waals surface area contributed by atoms with E-state index in [1.807, 2.05) is 24.4 Å². The van der Waals surface area contributed by atoms with E-state index in [9.17, 15) is 0 Å². The van der Waals surface area contributed by atoms with Gasteiger partial charge in [-0.15, -0.1) is 0 Å². The average Bonchev–Trinajstić information content (AvgIpc) is 2.14. The Morgan fingerprint density at radius 3 is 2.53 bits per heavy atom. The summed E-state index contributed by atoms with van der Waals surface area (Å²) in [5.41, 5.74) is 3.15. The third-order valence-corrected chi connectivity index (χ3v) is 1.73. The van der Waals surface area contributed by atoms with E-state index in [-0.39, 0.29) is 0 Å². The van der Waals surface area contributed by atoms with Crippen molar-refractivity contribution in [2.75, 3.05) is 0 Å². The van der Waals surface area contributed by atoms with Crippen LogP contribution in [0.4, 0.5) is 0 Å². The number of rotatable bonds is 3. The van der Waals surface area contributed by atoms with Gasteiger partial charge >= 0.3 is 0 Å². The number of aromatic nitrogens is 1. The highest BCUT2D eigenvalue weighted by Crippen LogP contribution is 2.04. The molecule has 1 aromatic heterocycles. The molecule has 0 spiro atoms. The normalized spacial score (nSPS) is 11.0. The van der Waals surface area contributed by atoms with Crippen molar-refractivity contribution in [2.24, 2.45) is 4.99 Å². The molecule has 15 heavy (non-hydrogen) atoms. The van der Waals surface area contributed by atoms with Crippen LogP contribution in [0.1, 0.15) is 39.1 Å². The highest BCUT2D eigenvalue weighted by atomic mass is 14.8. The highest BCUT2D eigenvalue weighted by Gasteiger charge is 1.93. The van der Waals surface area contributed by atoms with Gasteiger partial charge in [-0.05, 0) is 45.9 Å². The molecule has 0 bridgehead atoms. The van der Waals surface area contributed by atoms with Crippen LogP contribution >= 0.6 is 0 Å². The minimum atomic E-state index is 0.318. The van der Waals surface area contributed by atoms with Crippen LogP contribution in [-0.2, 0) is 0 Å². The minimum Gasteiger partial charge on any atom is -0.288 e. The van der Waals surface area contributed by atoms with E-state index >= 15 is 0 Å². The Balaban J connectivity index is 2.88. The molecule has 0 saturated carbocycles. The van der Waals surface area contributed by atoms with Crippen LogP contribution in [-0.4, -0.2) is 17.2 Å². The maximum Gasteiger partial charge on any atom is 0.0815 e. The molecule has 1 aromatic rings. The summed E-state index contributed by atoms with van der Waals surface area (Å²) in [5, 5.41) is 0. The highest BCUT2D eigenvalue weighted by molar-refractivity contribution is 5.77. The molecule has 2 nitrogen and oxygen atoms in total. The molecule has 0 saturated heterocycles. The molecule has 2 heteroatoms. The Bertz CT molecular complexity index is 372. The third kappa shape index (κ3) is 4.54. The zero-order valence-corrected chi connectivity index (χ0v) is 9.86. The van der Waals surface area contributed by atoms with Crippen LogP contribution in [0.2, 0.25) is 0 Å². The van der Waals surface area contributed by atoms with Crippen molar-refractivity contribution in [1.29, 1.82) is 0 Å². The van der Waals surface area contributed by atoms with Gasteiger partial charge in [-0.25, -0.2) is 4.98 Å². The van der Waals surface area contributed by atoms with Gasteiger partial charge in [0.25, 0.3) is 0 Å². The first-order valence-corrected chi connectivity index (χ1v) is 5.23. The van der Waals surface area contributed by atoms with Gasteiger partial charge in [0, 0.05) is 12.3 Å². The first-order valence-electron chi connectivity index (χ1n) is 5.23. The molecule has 0 N–H and O–H groups in total. The molecule has 0 unspecified atom stereocenters. The maximum absolute atomic E-state index is 4.46. The third-order valence-electron chi connectivity index (χ3n) is 1.73.